The predicted octanol–water partition coefficient (Wildman–Crippen LogP) is 2.62. The first-order chi connectivity index (χ1) is 8.11. The van der Waals surface area contributed by atoms with Gasteiger partial charge in [0, 0.05) is 11.6 Å². The van der Waals surface area contributed by atoms with E-state index in [0.29, 0.717) is 17.5 Å². The highest BCUT2D eigenvalue weighted by molar-refractivity contribution is 5.96. The third-order valence-electron chi connectivity index (χ3n) is 3.35. The van der Waals surface area contributed by atoms with Crippen LogP contribution < -0.4 is 5.32 Å². The second-order valence-corrected chi connectivity index (χ2v) is 4.86. The normalized spacial score (nSPS) is 22.2. The summed E-state index contributed by atoms with van der Waals surface area (Å²) in [6, 6.07) is 5.21. The Kier molecular flexibility index (Phi) is 3.36. The van der Waals surface area contributed by atoms with Crippen LogP contribution >= 0.6 is 0 Å². The van der Waals surface area contributed by atoms with E-state index in [-0.39, 0.29) is 11.7 Å². The second kappa shape index (κ2) is 4.78. The Morgan fingerprint density at radius 3 is 2.94 bits per heavy atom. The fraction of sp³-hybridized carbons (Fsp3) is 0.500. The summed E-state index contributed by atoms with van der Waals surface area (Å²) in [6.45, 7) is 4.01. The summed E-state index contributed by atoms with van der Waals surface area (Å²) in [7, 11) is 0. The minimum atomic E-state index is -0.0221. The number of rotatable bonds is 4. The van der Waals surface area contributed by atoms with Crippen LogP contribution in [-0.4, -0.2) is 17.1 Å². The molecule has 0 aliphatic heterocycles. The summed E-state index contributed by atoms with van der Waals surface area (Å²) in [5.41, 5.74) is 1.47. The lowest BCUT2D eigenvalue weighted by Crippen LogP contribution is -2.27. The number of carbonyl (C=O) groups is 1. The number of carbonyl (C=O) groups excluding carboxylic acids is 1. The fourth-order valence-corrected chi connectivity index (χ4v) is 2.26. The van der Waals surface area contributed by atoms with Crippen molar-refractivity contribution in [2.24, 2.45) is 5.92 Å². The first kappa shape index (κ1) is 12.0. The monoisotopic (exact) mass is 233 g/mol. The van der Waals surface area contributed by atoms with Gasteiger partial charge < -0.3 is 10.4 Å². The van der Waals surface area contributed by atoms with E-state index in [1.807, 2.05) is 6.92 Å². The molecular weight excluding hydrogens is 214 g/mol. The van der Waals surface area contributed by atoms with E-state index in [2.05, 4.69) is 12.2 Å². The molecule has 0 bridgehead atoms. The van der Waals surface area contributed by atoms with Crippen LogP contribution in [0, 0.1) is 12.8 Å². The molecule has 1 aliphatic rings. The van der Waals surface area contributed by atoms with Gasteiger partial charge in [0.2, 0.25) is 0 Å². The highest BCUT2D eigenvalue weighted by Crippen LogP contribution is 2.34. The van der Waals surface area contributed by atoms with Crippen molar-refractivity contribution in [2.45, 2.75) is 39.2 Å². The first-order valence-electron chi connectivity index (χ1n) is 6.22. The van der Waals surface area contributed by atoms with Gasteiger partial charge in [0.1, 0.15) is 5.75 Å². The molecule has 3 heteroatoms. The van der Waals surface area contributed by atoms with Crippen molar-refractivity contribution in [3.8, 4) is 5.75 Å². The van der Waals surface area contributed by atoms with Gasteiger partial charge in [-0.05, 0) is 49.4 Å². The summed E-state index contributed by atoms with van der Waals surface area (Å²) >= 11 is 0. The van der Waals surface area contributed by atoms with E-state index >= 15 is 0 Å². The molecule has 2 N–H and O–H groups in total. The van der Waals surface area contributed by atoms with Gasteiger partial charge in [-0.3, -0.25) is 4.79 Å². The number of aryl methyl sites for hydroxylation is 1. The van der Waals surface area contributed by atoms with Crippen LogP contribution in [0.5, 0.6) is 5.75 Å². The van der Waals surface area contributed by atoms with E-state index < -0.39 is 0 Å². The van der Waals surface area contributed by atoms with E-state index in [4.69, 9.17) is 0 Å². The molecule has 2 atom stereocenters. The molecule has 0 saturated heterocycles. The summed E-state index contributed by atoms with van der Waals surface area (Å²) < 4.78 is 0. The summed E-state index contributed by atoms with van der Waals surface area (Å²) in [5.74, 6) is 0.849. The Balaban J connectivity index is 1.96. The van der Waals surface area contributed by atoms with Crippen LogP contribution in [0.4, 0.5) is 0 Å². The van der Waals surface area contributed by atoms with Crippen molar-refractivity contribution in [3.05, 3.63) is 29.3 Å². The molecule has 1 fully saturated rings. The number of nitrogens with one attached hydrogen (secondary N) is 1. The molecule has 0 aromatic heterocycles. The number of hydrogen-bond donors (Lipinski definition) is 2. The minimum Gasteiger partial charge on any atom is -0.508 e. The third-order valence-corrected chi connectivity index (χ3v) is 3.35. The lowest BCUT2D eigenvalue weighted by molar-refractivity contribution is 0.0948. The second-order valence-electron chi connectivity index (χ2n) is 4.86. The molecule has 2 rings (SSSR count). The Labute approximate surface area is 102 Å². The molecule has 0 heterocycles. The van der Waals surface area contributed by atoms with Crippen LogP contribution in [0.25, 0.3) is 0 Å². The van der Waals surface area contributed by atoms with Gasteiger partial charge >= 0.3 is 0 Å². The molecule has 1 aliphatic carbocycles. The maximum Gasteiger partial charge on any atom is 0.251 e. The minimum absolute atomic E-state index is 0.0221. The molecule has 2 unspecified atom stereocenters. The van der Waals surface area contributed by atoms with Crippen molar-refractivity contribution in [3.63, 3.8) is 0 Å². The molecule has 1 saturated carbocycles. The average Bonchev–Trinajstić information content (AvgIpc) is 2.96. The van der Waals surface area contributed by atoms with Crippen LogP contribution in [-0.2, 0) is 0 Å². The van der Waals surface area contributed by atoms with Gasteiger partial charge in [-0.25, -0.2) is 0 Å². The molecule has 1 aromatic carbocycles. The van der Waals surface area contributed by atoms with Crippen LogP contribution in [0.2, 0.25) is 0 Å². The van der Waals surface area contributed by atoms with Crippen molar-refractivity contribution < 1.29 is 9.90 Å². The summed E-state index contributed by atoms with van der Waals surface area (Å²) in [4.78, 5) is 12.0. The van der Waals surface area contributed by atoms with E-state index in [9.17, 15) is 9.90 Å². The van der Waals surface area contributed by atoms with Gasteiger partial charge in [0.15, 0.2) is 0 Å². The largest absolute Gasteiger partial charge is 0.508 e. The van der Waals surface area contributed by atoms with Gasteiger partial charge in [0.25, 0.3) is 5.91 Å². The van der Waals surface area contributed by atoms with Crippen molar-refractivity contribution >= 4 is 5.91 Å². The Morgan fingerprint density at radius 2 is 2.29 bits per heavy atom. The van der Waals surface area contributed by atoms with Crippen LogP contribution in [0.15, 0.2) is 18.2 Å². The standard InChI is InChI=1S/C14H19NO2/c1-3-4-10-8-13(10)15-14(17)12-6-5-11(16)7-9(12)2/h5-7,10,13,16H,3-4,8H2,1-2H3,(H,15,17). The highest BCUT2D eigenvalue weighted by Gasteiger charge is 2.37. The fourth-order valence-electron chi connectivity index (χ4n) is 2.26. The smallest absolute Gasteiger partial charge is 0.251 e. The zero-order valence-corrected chi connectivity index (χ0v) is 10.4. The molecule has 17 heavy (non-hydrogen) atoms. The lowest BCUT2D eigenvalue weighted by atomic mass is 10.1. The summed E-state index contributed by atoms with van der Waals surface area (Å²) in [5, 5.41) is 12.3. The number of phenolic OH excluding ortho intramolecular Hbond substituents is 1. The molecule has 0 spiro atoms. The molecule has 1 amide bonds. The maximum absolute atomic E-state index is 12.0. The summed E-state index contributed by atoms with van der Waals surface area (Å²) in [6.07, 6.45) is 3.48. The van der Waals surface area contributed by atoms with Crippen molar-refractivity contribution in [1.82, 2.24) is 5.32 Å². The predicted molar refractivity (Wildman–Crippen MR) is 67.1 cm³/mol. The van der Waals surface area contributed by atoms with Gasteiger partial charge in [-0.15, -0.1) is 0 Å². The number of aromatic hydroxyl groups is 1. The molecule has 1 aromatic rings. The van der Waals surface area contributed by atoms with E-state index in [0.717, 1.165) is 12.0 Å². The van der Waals surface area contributed by atoms with Gasteiger partial charge in [-0.2, -0.15) is 0 Å². The van der Waals surface area contributed by atoms with Gasteiger partial charge in [0.05, 0.1) is 0 Å². The van der Waals surface area contributed by atoms with E-state index in [1.54, 1.807) is 18.2 Å². The molecular formula is C14H19NO2. The number of amides is 1. The van der Waals surface area contributed by atoms with Crippen LogP contribution in [0.3, 0.4) is 0 Å². The van der Waals surface area contributed by atoms with E-state index in [1.165, 1.54) is 12.8 Å². The van der Waals surface area contributed by atoms with Crippen molar-refractivity contribution in [1.29, 1.82) is 0 Å². The maximum atomic E-state index is 12.0. The van der Waals surface area contributed by atoms with Gasteiger partial charge in [-0.1, -0.05) is 13.3 Å². The first-order valence-corrected chi connectivity index (χ1v) is 6.22. The SMILES string of the molecule is CCCC1CC1NC(=O)c1ccc(O)cc1C. The lowest BCUT2D eigenvalue weighted by Gasteiger charge is -2.07. The molecule has 92 valence electrons. The zero-order chi connectivity index (χ0) is 12.4. The average molecular weight is 233 g/mol. The zero-order valence-electron chi connectivity index (χ0n) is 10.4. The quantitative estimate of drug-likeness (QED) is 0.839. The number of benzene rings is 1. The Hall–Kier alpha value is -1.51. The van der Waals surface area contributed by atoms with Crippen LogP contribution in [0.1, 0.15) is 42.1 Å². The topological polar surface area (TPSA) is 49.3 Å². The molecule has 0 radical (unpaired) electrons. The Morgan fingerprint density at radius 1 is 1.53 bits per heavy atom. The van der Waals surface area contributed by atoms with Crippen molar-refractivity contribution in [2.75, 3.05) is 0 Å². The molecule has 3 nitrogen and oxygen atoms in total. The number of phenols is 1. The third kappa shape index (κ3) is 2.78. The highest BCUT2D eigenvalue weighted by atomic mass is 16.3. The Bertz CT molecular complexity index is 428. The number of hydrogen-bond acceptors (Lipinski definition) is 2.